The standard InChI is InChI=1S/C8H19N3/c1-6(2)8(9)5-11(10)7(3)4/h5-7H,9-10H2,1-4H3/b8-5-. The van der Waals surface area contributed by atoms with Crippen LogP contribution in [0.5, 0.6) is 0 Å². The molecule has 0 atom stereocenters. The Bertz CT molecular complexity index is 138. The average molecular weight is 157 g/mol. The average Bonchev–Trinajstić information content (AvgIpc) is 1.87. The van der Waals surface area contributed by atoms with Gasteiger partial charge in [0.2, 0.25) is 0 Å². The molecule has 0 radical (unpaired) electrons. The highest BCUT2D eigenvalue weighted by molar-refractivity contribution is 4.98. The lowest BCUT2D eigenvalue weighted by Gasteiger charge is -2.20. The zero-order valence-electron chi connectivity index (χ0n) is 7.83. The zero-order chi connectivity index (χ0) is 9.02. The number of rotatable bonds is 3. The van der Waals surface area contributed by atoms with E-state index >= 15 is 0 Å². The summed E-state index contributed by atoms with van der Waals surface area (Å²) in [5.41, 5.74) is 6.52. The molecule has 0 amide bonds. The first-order chi connectivity index (χ1) is 4.95. The van der Waals surface area contributed by atoms with Crippen molar-refractivity contribution in [3.05, 3.63) is 11.9 Å². The first-order valence-electron chi connectivity index (χ1n) is 3.95. The highest BCUT2D eigenvalue weighted by Gasteiger charge is 2.01. The van der Waals surface area contributed by atoms with E-state index in [2.05, 4.69) is 0 Å². The molecule has 0 spiro atoms. The van der Waals surface area contributed by atoms with Gasteiger partial charge in [0.05, 0.1) is 0 Å². The predicted molar refractivity (Wildman–Crippen MR) is 48.3 cm³/mol. The maximum absolute atomic E-state index is 5.69. The van der Waals surface area contributed by atoms with Crippen molar-refractivity contribution in [3.63, 3.8) is 0 Å². The van der Waals surface area contributed by atoms with Gasteiger partial charge in [0.15, 0.2) is 0 Å². The van der Waals surface area contributed by atoms with Crippen LogP contribution in [0.2, 0.25) is 0 Å². The highest BCUT2D eigenvalue weighted by atomic mass is 15.4. The third-order valence-corrected chi connectivity index (χ3v) is 1.56. The molecule has 11 heavy (non-hydrogen) atoms. The number of nitrogens with zero attached hydrogens (tertiary/aromatic N) is 1. The van der Waals surface area contributed by atoms with E-state index in [1.165, 1.54) is 0 Å². The van der Waals surface area contributed by atoms with Crippen LogP contribution in [0, 0.1) is 5.92 Å². The molecule has 0 rings (SSSR count). The first kappa shape index (κ1) is 10.3. The number of hydrazine groups is 1. The Morgan fingerprint density at radius 3 is 2.00 bits per heavy atom. The molecular weight excluding hydrogens is 138 g/mol. The zero-order valence-corrected chi connectivity index (χ0v) is 7.83. The van der Waals surface area contributed by atoms with Crippen molar-refractivity contribution >= 4 is 0 Å². The Morgan fingerprint density at radius 2 is 1.73 bits per heavy atom. The van der Waals surface area contributed by atoms with Crippen LogP contribution in [-0.2, 0) is 0 Å². The molecule has 0 heterocycles. The summed E-state index contributed by atoms with van der Waals surface area (Å²) in [6, 6.07) is 0.298. The fourth-order valence-electron chi connectivity index (χ4n) is 0.470. The lowest BCUT2D eigenvalue weighted by Crippen LogP contribution is -2.33. The quantitative estimate of drug-likeness (QED) is 0.475. The van der Waals surface area contributed by atoms with Gasteiger partial charge in [-0.2, -0.15) is 0 Å². The van der Waals surface area contributed by atoms with E-state index < -0.39 is 0 Å². The Balaban J connectivity index is 4.07. The minimum absolute atomic E-state index is 0.298. The van der Waals surface area contributed by atoms with E-state index in [9.17, 15) is 0 Å². The SMILES string of the molecule is CC(C)/C(N)=C/N(N)C(C)C. The highest BCUT2D eigenvalue weighted by Crippen LogP contribution is 2.03. The number of hydrogen-bond acceptors (Lipinski definition) is 3. The van der Waals surface area contributed by atoms with Crippen LogP contribution in [-0.4, -0.2) is 11.1 Å². The molecule has 0 unspecified atom stereocenters. The van der Waals surface area contributed by atoms with Crippen LogP contribution in [0.3, 0.4) is 0 Å². The number of allylic oxidation sites excluding steroid dienone is 1. The minimum Gasteiger partial charge on any atom is -0.401 e. The van der Waals surface area contributed by atoms with Crippen LogP contribution in [0.15, 0.2) is 11.9 Å². The molecule has 0 saturated carbocycles. The molecule has 0 aliphatic rings. The summed E-state index contributed by atoms with van der Waals surface area (Å²) in [6.07, 6.45) is 1.79. The Morgan fingerprint density at radius 1 is 1.27 bits per heavy atom. The van der Waals surface area contributed by atoms with Crippen LogP contribution in [0.1, 0.15) is 27.7 Å². The van der Waals surface area contributed by atoms with Gasteiger partial charge < -0.3 is 10.7 Å². The smallest absolute Gasteiger partial charge is 0.0390 e. The monoisotopic (exact) mass is 157 g/mol. The fourth-order valence-corrected chi connectivity index (χ4v) is 0.470. The molecule has 0 aliphatic carbocycles. The largest absolute Gasteiger partial charge is 0.401 e. The molecule has 0 bridgehead atoms. The van der Waals surface area contributed by atoms with Gasteiger partial charge in [0.1, 0.15) is 0 Å². The van der Waals surface area contributed by atoms with Crippen molar-refractivity contribution in [2.24, 2.45) is 17.5 Å². The summed E-state index contributed by atoms with van der Waals surface area (Å²) in [5.74, 6) is 5.99. The van der Waals surface area contributed by atoms with Crippen molar-refractivity contribution < 1.29 is 0 Å². The Labute approximate surface area is 69.0 Å². The second kappa shape index (κ2) is 4.23. The van der Waals surface area contributed by atoms with Gasteiger partial charge in [-0.05, 0) is 19.8 Å². The van der Waals surface area contributed by atoms with E-state index in [0.29, 0.717) is 12.0 Å². The lowest BCUT2D eigenvalue weighted by molar-refractivity contribution is 0.317. The second-order valence-electron chi connectivity index (χ2n) is 3.32. The molecule has 4 N–H and O–H groups in total. The van der Waals surface area contributed by atoms with Gasteiger partial charge in [-0.15, -0.1) is 0 Å². The normalized spacial score (nSPS) is 12.8. The van der Waals surface area contributed by atoms with Gasteiger partial charge in [-0.1, -0.05) is 13.8 Å². The van der Waals surface area contributed by atoms with E-state index in [1.807, 2.05) is 27.7 Å². The molecule has 0 aromatic carbocycles. The molecule has 0 saturated heterocycles. The maximum Gasteiger partial charge on any atom is 0.0390 e. The fraction of sp³-hybridized carbons (Fsp3) is 0.750. The van der Waals surface area contributed by atoms with Crippen molar-refractivity contribution in [2.45, 2.75) is 33.7 Å². The van der Waals surface area contributed by atoms with Crippen LogP contribution < -0.4 is 11.6 Å². The van der Waals surface area contributed by atoms with E-state index in [1.54, 1.807) is 11.2 Å². The van der Waals surface area contributed by atoms with E-state index in [0.717, 1.165) is 5.70 Å². The molecule has 0 aliphatic heterocycles. The van der Waals surface area contributed by atoms with Crippen molar-refractivity contribution in [3.8, 4) is 0 Å². The minimum atomic E-state index is 0.298. The van der Waals surface area contributed by atoms with Crippen molar-refractivity contribution in [2.75, 3.05) is 0 Å². The second-order valence-corrected chi connectivity index (χ2v) is 3.32. The van der Waals surface area contributed by atoms with Crippen LogP contribution >= 0.6 is 0 Å². The van der Waals surface area contributed by atoms with Gasteiger partial charge in [-0.25, -0.2) is 5.84 Å². The molecule has 3 nitrogen and oxygen atoms in total. The molecule has 66 valence electrons. The van der Waals surface area contributed by atoms with E-state index in [4.69, 9.17) is 11.6 Å². The molecule has 0 fully saturated rings. The van der Waals surface area contributed by atoms with Crippen LogP contribution in [0.25, 0.3) is 0 Å². The van der Waals surface area contributed by atoms with Gasteiger partial charge >= 0.3 is 0 Å². The summed E-state index contributed by atoms with van der Waals surface area (Å²) in [7, 11) is 0. The first-order valence-corrected chi connectivity index (χ1v) is 3.95. The number of hydrogen-bond donors (Lipinski definition) is 2. The summed E-state index contributed by atoms with van der Waals surface area (Å²) < 4.78 is 0. The third kappa shape index (κ3) is 3.88. The molecule has 0 aromatic heterocycles. The summed E-state index contributed by atoms with van der Waals surface area (Å²) in [5, 5.41) is 1.62. The van der Waals surface area contributed by atoms with Gasteiger partial charge in [-0.3, -0.25) is 0 Å². The molecule has 3 heteroatoms. The van der Waals surface area contributed by atoms with Crippen molar-refractivity contribution in [1.82, 2.24) is 5.01 Å². The topological polar surface area (TPSA) is 55.3 Å². The molecular formula is C8H19N3. The molecule has 0 aromatic rings. The number of nitrogens with two attached hydrogens (primary N) is 2. The Kier molecular flexibility index (Phi) is 3.97. The summed E-state index contributed by atoms with van der Waals surface area (Å²) in [6.45, 7) is 8.12. The summed E-state index contributed by atoms with van der Waals surface area (Å²) >= 11 is 0. The lowest BCUT2D eigenvalue weighted by atomic mass is 10.1. The predicted octanol–water partition coefficient (Wildman–Crippen LogP) is 1.03. The third-order valence-electron chi connectivity index (χ3n) is 1.56. The van der Waals surface area contributed by atoms with E-state index in [-0.39, 0.29) is 0 Å². The van der Waals surface area contributed by atoms with Gasteiger partial charge in [0, 0.05) is 17.9 Å². The van der Waals surface area contributed by atoms with Gasteiger partial charge in [0.25, 0.3) is 0 Å². The maximum atomic E-state index is 5.69. The van der Waals surface area contributed by atoms with Crippen LogP contribution in [0.4, 0.5) is 0 Å². The Hall–Kier alpha value is -0.700. The van der Waals surface area contributed by atoms with Crippen molar-refractivity contribution in [1.29, 1.82) is 0 Å². The summed E-state index contributed by atoms with van der Waals surface area (Å²) in [4.78, 5) is 0.